The van der Waals surface area contributed by atoms with Crippen LogP contribution in [0.4, 0.5) is 5.82 Å². The van der Waals surface area contributed by atoms with E-state index in [4.69, 9.17) is 4.74 Å². The van der Waals surface area contributed by atoms with Crippen molar-refractivity contribution in [2.45, 2.75) is 25.0 Å². The summed E-state index contributed by atoms with van der Waals surface area (Å²) >= 11 is 0. The average molecular weight is 344 g/mol. The Balaban J connectivity index is 1.57. The van der Waals surface area contributed by atoms with Crippen LogP contribution in [-0.2, 0) is 10.0 Å². The molecule has 0 aliphatic heterocycles. The highest BCUT2D eigenvalue weighted by molar-refractivity contribution is 7.93. The number of hydrogen-bond donors (Lipinski definition) is 1. The lowest BCUT2D eigenvalue weighted by Crippen LogP contribution is -2.17. The molecular formula is C16H16N4O3S. The summed E-state index contributed by atoms with van der Waals surface area (Å²) < 4.78 is 33.6. The quantitative estimate of drug-likeness (QED) is 0.769. The van der Waals surface area contributed by atoms with E-state index in [1.165, 1.54) is 10.7 Å². The largest absolute Gasteiger partial charge is 0.438 e. The molecular weight excluding hydrogens is 328 g/mol. The number of benzene rings is 1. The number of sulfonamides is 1. The maximum absolute atomic E-state index is 12.0. The number of nitrogens with one attached hydrogen (secondary N) is 1. The van der Waals surface area contributed by atoms with Gasteiger partial charge in [0.2, 0.25) is 15.9 Å². The fourth-order valence-electron chi connectivity index (χ4n) is 2.30. The highest BCUT2D eigenvalue weighted by atomic mass is 32.2. The monoisotopic (exact) mass is 344 g/mol. The highest BCUT2D eigenvalue weighted by Crippen LogP contribution is 2.29. The summed E-state index contributed by atoms with van der Waals surface area (Å²) in [5.41, 5.74) is 1.69. The van der Waals surface area contributed by atoms with E-state index in [1.807, 2.05) is 31.2 Å². The number of imidazole rings is 1. The lowest BCUT2D eigenvalue weighted by atomic mass is 10.2. The van der Waals surface area contributed by atoms with Gasteiger partial charge in [-0.2, -0.15) is 0 Å². The summed E-state index contributed by atoms with van der Waals surface area (Å²) in [6.07, 6.45) is 2.95. The van der Waals surface area contributed by atoms with Gasteiger partial charge < -0.3 is 4.74 Å². The average Bonchev–Trinajstić information content (AvgIpc) is 3.32. The van der Waals surface area contributed by atoms with Gasteiger partial charge in [-0.3, -0.25) is 4.72 Å². The van der Waals surface area contributed by atoms with Crippen LogP contribution in [0.2, 0.25) is 0 Å². The second-order valence-electron chi connectivity index (χ2n) is 5.86. The van der Waals surface area contributed by atoms with E-state index in [9.17, 15) is 8.42 Å². The zero-order valence-electron chi connectivity index (χ0n) is 13.0. The lowest BCUT2D eigenvalue weighted by molar-refractivity contribution is 0.452. The SMILES string of the molecule is Cc1ccc(Oc2ccc3nc(NS(=O)(=O)C4CC4)cn3n2)cc1. The Hall–Kier alpha value is -2.61. The summed E-state index contributed by atoms with van der Waals surface area (Å²) in [5.74, 6) is 1.35. The molecule has 2 aromatic heterocycles. The molecule has 1 aliphatic carbocycles. The molecule has 1 aromatic carbocycles. The Bertz CT molecular complexity index is 992. The van der Waals surface area contributed by atoms with Crippen LogP contribution in [0.3, 0.4) is 0 Å². The van der Waals surface area contributed by atoms with Crippen molar-refractivity contribution >= 4 is 21.5 Å². The molecule has 0 radical (unpaired) electrons. The predicted octanol–water partition coefficient (Wildman–Crippen LogP) is 2.73. The van der Waals surface area contributed by atoms with E-state index in [1.54, 1.807) is 12.1 Å². The minimum absolute atomic E-state index is 0.266. The molecule has 1 N–H and O–H groups in total. The molecule has 8 heteroatoms. The Kier molecular flexibility index (Phi) is 3.42. The summed E-state index contributed by atoms with van der Waals surface area (Å²) in [4.78, 5) is 4.22. The summed E-state index contributed by atoms with van der Waals surface area (Å²) in [6, 6.07) is 11.1. The maximum Gasteiger partial charge on any atom is 0.237 e. The number of nitrogens with zero attached hydrogens (tertiary/aromatic N) is 3. The van der Waals surface area contributed by atoms with Crippen LogP contribution in [0.5, 0.6) is 11.6 Å². The predicted molar refractivity (Wildman–Crippen MR) is 89.8 cm³/mol. The number of hydrogen-bond acceptors (Lipinski definition) is 5. The van der Waals surface area contributed by atoms with Crippen molar-refractivity contribution in [2.75, 3.05) is 4.72 Å². The molecule has 0 bridgehead atoms. The van der Waals surface area contributed by atoms with E-state index in [0.717, 1.165) is 5.56 Å². The molecule has 1 aliphatic rings. The third-order valence-electron chi connectivity index (χ3n) is 3.75. The van der Waals surface area contributed by atoms with Crippen LogP contribution in [0, 0.1) is 6.92 Å². The van der Waals surface area contributed by atoms with Crippen LogP contribution in [0.15, 0.2) is 42.6 Å². The molecule has 1 saturated carbocycles. The number of fused-ring (bicyclic) bond motifs is 1. The van der Waals surface area contributed by atoms with Crippen molar-refractivity contribution < 1.29 is 13.2 Å². The Morgan fingerprint density at radius 2 is 1.92 bits per heavy atom. The van der Waals surface area contributed by atoms with Gasteiger partial charge >= 0.3 is 0 Å². The minimum atomic E-state index is -3.34. The molecule has 7 nitrogen and oxygen atoms in total. The molecule has 1 fully saturated rings. The number of aryl methyl sites for hydroxylation is 1. The van der Waals surface area contributed by atoms with Gasteiger partial charge in [-0.1, -0.05) is 17.7 Å². The molecule has 4 rings (SSSR count). The van der Waals surface area contributed by atoms with Crippen molar-refractivity contribution in [3.63, 3.8) is 0 Å². The second kappa shape index (κ2) is 5.48. The van der Waals surface area contributed by atoms with Gasteiger partial charge in [0.05, 0.1) is 11.4 Å². The first-order valence-electron chi connectivity index (χ1n) is 7.62. The molecule has 0 atom stereocenters. The maximum atomic E-state index is 12.0. The van der Waals surface area contributed by atoms with Crippen molar-refractivity contribution in [2.24, 2.45) is 0 Å². The third kappa shape index (κ3) is 3.05. The highest BCUT2D eigenvalue weighted by Gasteiger charge is 2.36. The van der Waals surface area contributed by atoms with Crippen LogP contribution in [0.1, 0.15) is 18.4 Å². The smallest absolute Gasteiger partial charge is 0.237 e. The van der Waals surface area contributed by atoms with Crippen LogP contribution < -0.4 is 9.46 Å². The molecule has 0 spiro atoms. The second-order valence-corrected chi connectivity index (χ2v) is 7.82. The van der Waals surface area contributed by atoms with Crippen molar-refractivity contribution in [1.82, 2.24) is 14.6 Å². The Labute approximate surface area is 139 Å². The number of ether oxygens (including phenoxy) is 1. The van der Waals surface area contributed by atoms with Crippen LogP contribution in [0.25, 0.3) is 5.65 Å². The minimum Gasteiger partial charge on any atom is -0.438 e. The van der Waals surface area contributed by atoms with E-state index >= 15 is 0 Å². The van der Waals surface area contributed by atoms with Gasteiger partial charge in [-0.15, -0.1) is 5.10 Å². The molecule has 0 amide bonds. The van der Waals surface area contributed by atoms with Crippen molar-refractivity contribution in [3.05, 3.63) is 48.2 Å². The van der Waals surface area contributed by atoms with E-state index < -0.39 is 10.0 Å². The van der Waals surface area contributed by atoms with Gasteiger partial charge in [0, 0.05) is 6.07 Å². The molecule has 124 valence electrons. The lowest BCUT2D eigenvalue weighted by Gasteiger charge is -2.04. The number of anilines is 1. The van der Waals surface area contributed by atoms with E-state index in [-0.39, 0.29) is 11.1 Å². The van der Waals surface area contributed by atoms with Crippen LogP contribution >= 0.6 is 0 Å². The standard InChI is InChI=1S/C16H16N4O3S/c1-11-2-4-12(5-3-11)23-16-9-8-15-17-14(10-20(15)18-16)19-24(21,22)13-6-7-13/h2-5,8-10,13,19H,6-7H2,1H3. The van der Waals surface area contributed by atoms with Gasteiger partial charge in [0.25, 0.3) is 0 Å². The van der Waals surface area contributed by atoms with Gasteiger partial charge in [0.15, 0.2) is 11.5 Å². The number of aromatic nitrogens is 3. The zero-order valence-corrected chi connectivity index (χ0v) is 13.8. The fourth-order valence-corrected chi connectivity index (χ4v) is 3.62. The Morgan fingerprint density at radius 1 is 1.17 bits per heavy atom. The Morgan fingerprint density at radius 3 is 2.62 bits per heavy atom. The topological polar surface area (TPSA) is 85.6 Å². The first-order chi connectivity index (χ1) is 11.5. The van der Waals surface area contributed by atoms with Crippen molar-refractivity contribution in [1.29, 1.82) is 0 Å². The molecule has 2 heterocycles. The van der Waals surface area contributed by atoms with E-state index in [2.05, 4.69) is 14.8 Å². The fraction of sp³-hybridized carbons (Fsp3) is 0.250. The zero-order chi connectivity index (χ0) is 16.7. The van der Waals surface area contributed by atoms with Gasteiger partial charge in [-0.05, 0) is 38.0 Å². The van der Waals surface area contributed by atoms with E-state index in [0.29, 0.717) is 30.1 Å². The first-order valence-corrected chi connectivity index (χ1v) is 9.17. The normalized spacial score (nSPS) is 14.7. The molecule has 0 unspecified atom stereocenters. The van der Waals surface area contributed by atoms with Crippen molar-refractivity contribution in [3.8, 4) is 11.6 Å². The first kappa shape index (κ1) is 14.9. The van der Waals surface area contributed by atoms with Gasteiger partial charge in [-0.25, -0.2) is 17.9 Å². The number of rotatable bonds is 5. The summed E-state index contributed by atoms with van der Waals surface area (Å²) in [6.45, 7) is 2.00. The van der Waals surface area contributed by atoms with Crippen LogP contribution in [-0.4, -0.2) is 28.3 Å². The van der Waals surface area contributed by atoms with Gasteiger partial charge in [0.1, 0.15) is 5.75 Å². The molecule has 3 aromatic rings. The molecule has 24 heavy (non-hydrogen) atoms. The summed E-state index contributed by atoms with van der Waals surface area (Å²) in [7, 11) is -3.34. The molecule has 0 saturated heterocycles. The summed E-state index contributed by atoms with van der Waals surface area (Å²) in [5, 5.41) is 4.01. The third-order valence-corrected chi connectivity index (χ3v) is 5.59.